The van der Waals surface area contributed by atoms with E-state index in [1.165, 1.54) is 5.56 Å². The summed E-state index contributed by atoms with van der Waals surface area (Å²) >= 11 is 0. The number of sulfone groups is 1. The van der Waals surface area contributed by atoms with Gasteiger partial charge in [-0.1, -0.05) is 25.1 Å². The molecule has 2 aromatic rings. The molecule has 1 aromatic heterocycles. The van der Waals surface area contributed by atoms with E-state index in [2.05, 4.69) is 33.2 Å². The average molecular weight is 375 g/mol. The standard InChI is InChI=1S/C19H26N4O2S/c1-4-15-8-6-7-9-17(15)22-18-12-19(21-14(3)20-18)23(5-2)16-10-11-26(24,25)13-16/h6-9,12,16H,4-5,10-11,13H2,1-3H3,(H,20,21,22). The number of benzene rings is 1. The quantitative estimate of drug-likeness (QED) is 0.837. The molecule has 0 saturated carbocycles. The van der Waals surface area contributed by atoms with E-state index in [-0.39, 0.29) is 17.5 Å². The molecule has 1 unspecified atom stereocenters. The number of nitrogens with one attached hydrogen (secondary N) is 1. The van der Waals surface area contributed by atoms with Crippen LogP contribution in [0.4, 0.5) is 17.3 Å². The molecule has 1 N–H and O–H groups in total. The molecule has 0 bridgehead atoms. The van der Waals surface area contributed by atoms with E-state index >= 15 is 0 Å². The van der Waals surface area contributed by atoms with Gasteiger partial charge in [0.15, 0.2) is 9.84 Å². The van der Waals surface area contributed by atoms with Gasteiger partial charge in [0.05, 0.1) is 11.5 Å². The first-order valence-corrected chi connectivity index (χ1v) is 10.9. The van der Waals surface area contributed by atoms with Crippen molar-refractivity contribution in [1.29, 1.82) is 0 Å². The van der Waals surface area contributed by atoms with Crippen LogP contribution in [0.3, 0.4) is 0 Å². The van der Waals surface area contributed by atoms with Crippen molar-refractivity contribution in [1.82, 2.24) is 9.97 Å². The van der Waals surface area contributed by atoms with Gasteiger partial charge < -0.3 is 10.2 Å². The maximum absolute atomic E-state index is 11.9. The minimum atomic E-state index is -2.94. The largest absolute Gasteiger partial charge is 0.353 e. The van der Waals surface area contributed by atoms with Crippen LogP contribution in [0.15, 0.2) is 30.3 Å². The molecule has 0 aliphatic carbocycles. The summed E-state index contributed by atoms with van der Waals surface area (Å²) in [6.45, 7) is 6.72. The second kappa shape index (κ2) is 7.61. The molecule has 1 saturated heterocycles. The van der Waals surface area contributed by atoms with Gasteiger partial charge in [-0.25, -0.2) is 18.4 Å². The van der Waals surface area contributed by atoms with Crippen LogP contribution < -0.4 is 10.2 Å². The Morgan fingerprint density at radius 1 is 1.23 bits per heavy atom. The van der Waals surface area contributed by atoms with Gasteiger partial charge in [0.25, 0.3) is 0 Å². The van der Waals surface area contributed by atoms with E-state index in [1.807, 2.05) is 38.1 Å². The molecule has 1 aliphatic rings. The van der Waals surface area contributed by atoms with Crippen molar-refractivity contribution < 1.29 is 8.42 Å². The smallest absolute Gasteiger partial charge is 0.152 e. The molecular formula is C19H26N4O2S. The predicted octanol–water partition coefficient (Wildman–Crippen LogP) is 3.10. The highest BCUT2D eigenvalue weighted by molar-refractivity contribution is 7.91. The normalized spacial score (nSPS) is 18.7. The fourth-order valence-corrected chi connectivity index (χ4v) is 5.21. The van der Waals surface area contributed by atoms with Crippen molar-refractivity contribution in [2.75, 3.05) is 28.3 Å². The Balaban J connectivity index is 1.89. The second-order valence-electron chi connectivity index (χ2n) is 6.64. The molecule has 1 atom stereocenters. The molecule has 1 aliphatic heterocycles. The minimum absolute atomic E-state index is 0.0184. The zero-order valence-electron chi connectivity index (χ0n) is 15.6. The molecule has 26 heavy (non-hydrogen) atoms. The van der Waals surface area contributed by atoms with E-state index in [4.69, 9.17) is 0 Å². The van der Waals surface area contributed by atoms with Gasteiger partial charge in [-0.15, -0.1) is 0 Å². The van der Waals surface area contributed by atoms with E-state index in [9.17, 15) is 8.42 Å². The van der Waals surface area contributed by atoms with Crippen molar-refractivity contribution in [3.63, 3.8) is 0 Å². The van der Waals surface area contributed by atoms with Crippen LogP contribution in [0.5, 0.6) is 0 Å². The van der Waals surface area contributed by atoms with Gasteiger partial charge in [0, 0.05) is 24.3 Å². The van der Waals surface area contributed by atoms with E-state index in [0.717, 1.165) is 23.7 Å². The number of hydrogen-bond donors (Lipinski definition) is 1. The zero-order valence-corrected chi connectivity index (χ0v) is 16.4. The molecule has 1 fully saturated rings. The lowest BCUT2D eigenvalue weighted by atomic mass is 10.1. The number of nitrogens with zero attached hydrogens (tertiary/aromatic N) is 3. The third kappa shape index (κ3) is 4.15. The summed E-state index contributed by atoms with van der Waals surface area (Å²) in [5, 5.41) is 3.39. The first kappa shape index (κ1) is 18.6. The number of anilines is 3. The summed E-state index contributed by atoms with van der Waals surface area (Å²) in [7, 11) is -2.94. The van der Waals surface area contributed by atoms with Gasteiger partial charge in [-0.3, -0.25) is 0 Å². The summed E-state index contributed by atoms with van der Waals surface area (Å²) in [5.41, 5.74) is 2.25. The first-order valence-electron chi connectivity index (χ1n) is 9.09. The fourth-order valence-electron chi connectivity index (χ4n) is 3.48. The fraction of sp³-hybridized carbons (Fsp3) is 0.474. The van der Waals surface area contributed by atoms with Crippen LogP contribution in [0, 0.1) is 6.92 Å². The zero-order chi connectivity index (χ0) is 18.7. The predicted molar refractivity (Wildman–Crippen MR) is 106 cm³/mol. The van der Waals surface area contributed by atoms with Crippen molar-refractivity contribution in [2.45, 2.75) is 39.7 Å². The first-order chi connectivity index (χ1) is 12.4. The van der Waals surface area contributed by atoms with Gasteiger partial charge in [0.2, 0.25) is 0 Å². The maximum Gasteiger partial charge on any atom is 0.152 e. The Morgan fingerprint density at radius 3 is 2.65 bits per heavy atom. The second-order valence-corrected chi connectivity index (χ2v) is 8.87. The molecule has 3 rings (SSSR count). The number of aromatic nitrogens is 2. The lowest BCUT2D eigenvalue weighted by Gasteiger charge is -2.28. The third-order valence-corrected chi connectivity index (χ3v) is 6.52. The number of aryl methyl sites for hydroxylation is 2. The maximum atomic E-state index is 11.9. The van der Waals surface area contributed by atoms with Gasteiger partial charge in [0.1, 0.15) is 17.5 Å². The van der Waals surface area contributed by atoms with Crippen LogP contribution in [0.1, 0.15) is 31.7 Å². The van der Waals surface area contributed by atoms with Crippen molar-refractivity contribution in [3.8, 4) is 0 Å². The third-order valence-electron chi connectivity index (χ3n) is 4.77. The minimum Gasteiger partial charge on any atom is -0.353 e. The van der Waals surface area contributed by atoms with Gasteiger partial charge in [-0.2, -0.15) is 0 Å². The van der Waals surface area contributed by atoms with Crippen LogP contribution in [0.25, 0.3) is 0 Å². The Bertz CT molecular complexity index is 883. The summed E-state index contributed by atoms with van der Waals surface area (Å²) < 4.78 is 23.7. The van der Waals surface area contributed by atoms with E-state index in [1.54, 1.807) is 0 Å². The van der Waals surface area contributed by atoms with Crippen LogP contribution >= 0.6 is 0 Å². The Morgan fingerprint density at radius 2 is 2.00 bits per heavy atom. The molecule has 140 valence electrons. The Labute approximate surface area is 155 Å². The number of rotatable bonds is 6. The molecular weight excluding hydrogens is 348 g/mol. The Hall–Kier alpha value is -2.15. The molecule has 7 heteroatoms. The summed E-state index contributed by atoms with van der Waals surface area (Å²) in [6.07, 6.45) is 1.59. The summed E-state index contributed by atoms with van der Waals surface area (Å²) in [6, 6.07) is 10.1. The summed E-state index contributed by atoms with van der Waals surface area (Å²) in [5.74, 6) is 2.63. The highest BCUT2D eigenvalue weighted by atomic mass is 32.2. The SMILES string of the molecule is CCc1ccccc1Nc1cc(N(CC)C2CCS(=O)(=O)C2)nc(C)n1. The average Bonchev–Trinajstić information content (AvgIpc) is 2.95. The van der Waals surface area contributed by atoms with Crippen molar-refractivity contribution in [3.05, 3.63) is 41.7 Å². The van der Waals surface area contributed by atoms with Gasteiger partial charge >= 0.3 is 0 Å². The van der Waals surface area contributed by atoms with Crippen LogP contribution in [-0.2, 0) is 16.3 Å². The number of para-hydroxylation sites is 1. The van der Waals surface area contributed by atoms with Crippen LogP contribution in [-0.4, -0.2) is 42.5 Å². The molecule has 6 nitrogen and oxygen atoms in total. The highest BCUT2D eigenvalue weighted by Gasteiger charge is 2.32. The molecule has 1 aromatic carbocycles. The molecule has 0 radical (unpaired) electrons. The molecule has 2 heterocycles. The lowest BCUT2D eigenvalue weighted by Crippen LogP contribution is -2.37. The topological polar surface area (TPSA) is 75.2 Å². The lowest BCUT2D eigenvalue weighted by molar-refractivity contribution is 0.599. The van der Waals surface area contributed by atoms with E-state index in [0.29, 0.717) is 18.8 Å². The monoisotopic (exact) mass is 374 g/mol. The molecule has 0 spiro atoms. The number of hydrogen-bond acceptors (Lipinski definition) is 6. The van der Waals surface area contributed by atoms with Crippen LogP contribution in [0.2, 0.25) is 0 Å². The Kier molecular flexibility index (Phi) is 5.46. The molecule has 0 amide bonds. The van der Waals surface area contributed by atoms with Crippen molar-refractivity contribution in [2.24, 2.45) is 0 Å². The van der Waals surface area contributed by atoms with E-state index < -0.39 is 9.84 Å². The summed E-state index contributed by atoms with van der Waals surface area (Å²) in [4.78, 5) is 11.2. The van der Waals surface area contributed by atoms with Crippen molar-refractivity contribution >= 4 is 27.2 Å². The van der Waals surface area contributed by atoms with Gasteiger partial charge in [-0.05, 0) is 38.3 Å². The highest BCUT2D eigenvalue weighted by Crippen LogP contribution is 2.26.